The molecule has 3 heteroatoms. The highest BCUT2D eigenvalue weighted by atomic mass is 79.9. The lowest BCUT2D eigenvalue weighted by Crippen LogP contribution is -2.17. The lowest BCUT2D eigenvalue weighted by Gasteiger charge is -2.25. The van der Waals surface area contributed by atoms with E-state index >= 15 is 0 Å². The Kier molecular flexibility index (Phi) is 4.53. The first-order chi connectivity index (χ1) is 7.36. The SMILES string of the molecule is CC(C)(C)c1ccc(Br)cc1C(O)CCN. The summed E-state index contributed by atoms with van der Waals surface area (Å²) in [6, 6.07) is 6.07. The van der Waals surface area contributed by atoms with E-state index in [1.165, 1.54) is 5.56 Å². The summed E-state index contributed by atoms with van der Waals surface area (Å²) in [6.07, 6.45) is 0.122. The third kappa shape index (κ3) is 3.30. The van der Waals surface area contributed by atoms with Gasteiger partial charge in [0.25, 0.3) is 0 Å². The van der Waals surface area contributed by atoms with Crippen molar-refractivity contribution in [2.75, 3.05) is 6.54 Å². The van der Waals surface area contributed by atoms with Crippen LogP contribution in [0.2, 0.25) is 0 Å². The number of aliphatic hydroxyl groups excluding tert-OH is 1. The van der Waals surface area contributed by atoms with Gasteiger partial charge in [0.05, 0.1) is 6.10 Å². The summed E-state index contributed by atoms with van der Waals surface area (Å²) >= 11 is 3.44. The molecule has 0 amide bonds. The molecule has 0 aliphatic carbocycles. The number of benzene rings is 1. The Morgan fingerprint density at radius 1 is 1.38 bits per heavy atom. The Morgan fingerprint density at radius 2 is 2.00 bits per heavy atom. The molecule has 1 aromatic carbocycles. The molecular formula is C13H20BrNO. The molecule has 16 heavy (non-hydrogen) atoms. The topological polar surface area (TPSA) is 46.2 Å². The van der Waals surface area contributed by atoms with Gasteiger partial charge >= 0.3 is 0 Å². The fraction of sp³-hybridized carbons (Fsp3) is 0.538. The largest absolute Gasteiger partial charge is 0.388 e. The molecule has 90 valence electrons. The van der Waals surface area contributed by atoms with Gasteiger partial charge in [-0.1, -0.05) is 42.8 Å². The molecular weight excluding hydrogens is 266 g/mol. The first-order valence-electron chi connectivity index (χ1n) is 5.54. The second kappa shape index (κ2) is 5.30. The van der Waals surface area contributed by atoms with Crippen molar-refractivity contribution in [1.82, 2.24) is 0 Å². The molecule has 0 radical (unpaired) electrons. The molecule has 3 N–H and O–H groups in total. The number of nitrogens with two attached hydrogens (primary N) is 1. The van der Waals surface area contributed by atoms with Crippen molar-refractivity contribution < 1.29 is 5.11 Å². The van der Waals surface area contributed by atoms with Crippen LogP contribution in [0.3, 0.4) is 0 Å². The van der Waals surface area contributed by atoms with Gasteiger partial charge in [-0.05, 0) is 41.6 Å². The number of aliphatic hydroxyl groups is 1. The minimum Gasteiger partial charge on any atom is -0.388 e. The van der Waals surface area contributed by atoms with Crippen LogP contribution in [0.15, 0.2) is 22.7 Å². The summed E-state index contributed by atoms with van der Waals surface area (Å²) in [5, 5.41) is 10.1. The molecule has 1 aromatic rings. The summed E-state index contributed by atoms with van der Waals surface area (Å²) in [7, 11) is 0. The normalized spacial score (nSPS) is 13.9. The van der Waals surface area contributed by atoms with Crippen molar-refractivity contribution in [3.05, 3.63) is 33.8 Å². The predicted octanol–water partition coefficient (Wildman–Crippen LogP) is 3.13. The molecule has 1 rings (SSSR count). The Morgan fingerprint density at radius 3 is 2.50 bits per heavy atom. The summed E-state index contributed by atoms with van der Waals surface area (Å²) in [5.41, 5.74) is 7.68. The second-order valence-electron chi connectivity index (χ2n) is 5.07. The summed E-state index contributed by atoms with van der Waals surface area (Å²) < 4.78 is 0.992. The summed E-state index contributed by atoms with van der Waals surface area (Å²) in [6.45, 7) is 6.94. The van der Waals surface area contributed by atoms with Gasteiger partial charge < -0.3 is 10.8 Å². The molecule has 2 nitrogen and oxygen atoms in total. The Bertz CT molecular complexity index is 357. The Labute approximate surface area is 106 Å². The maximum Gasteiger partial charge on any atom is 0.0805 e. The van der Waals surface area contributed by atoms with E-state index in [4.69, 9.17) is 5.73 Å². The van der Waals surface area contributed by atoms with E-state index in [0.29, 0.717) is 13.0 Å². The molecule has 0 heterocycles. The van der Waals surface area contributed by atoms with Gasteiger partial charge in [-0.25, -0.2) is 0 Å². The lowest BCUT2D eigenvalue weighted by molar-refractivity contribution is 0.168. The first-order valence-corrected chi connectivity index (χ1v) is 6.33. The molecule has 0 fully saturated rings. The van der Waals surface area contributed by atoms with Crippen LogP contribution < -0.4 is 5.73 Å². The van der Waals surface area contributed by atoms with Crippen LogP contribution in [-0.4, -0.2) is 11.7 Å². The molecule has 0 aliphatic rings. The Hall–Kier alpha value is -0.380. The first kappa shape index (κ1) is 13.7. The van der Waals surface area contributed by atoms with Crippen LogP contribution in [0.1, 0.15) is 44.4 Å². The highest BCUT2D eigenvalue weighted by Crippen LogP contribution is 2.32. The van der Waals surface area contributed by atoms with Gasteiger partial charge in [0, 0.05) is 4.47 Å². The average molecular weight is 286 g/mol. The maximum absolute atomic E-state index is 10.1. The van der Waals surface area contributed by atoms with Crippen LogP contribution >= 0.6 is 15.9 Å². The number of hydrogen-bond acceptors (Lipinski definition) is 2. The van der Waals surface area contributed by atoms with E-state index in [1.807, 2.05) is 12.1 Å². The van der Waals surface area contributed by atoms with Crippen LogP contribution in [0.25, 0.3) is 0 Å². The quantitative estimate of drug-likeness (QED) is 0.896. The molecule has 1 unspecified atom stereocenters. The van der Waals surface area contributed by atoms with Crippen molar-refractivity contribution in [2.45, 2.75) is 38.7 Å². The van der Waals surface area contributed by atoms with Crippen LogP contribution in [-0.2, 0) is 5.41 Å². The number of rotatable bonds is 3. The monoisotopic (exact) mass is 285 g/mol. The summed E-state index contributed by atoms with van der Waals surface area (Å²) in [5.74, 6) is 0. The Balaban J connectivity index is 3.18. The third-order valence-electron chi connectivity index (χ3n) is 2.62. The van der Waals surface area contributed by atoms with Crippen molar-refractivity contribution in [3.8, 4) is 0 Å². The minimum absolute atomic E-state index is 0.0333. The van der Waals surface area contributed by atoms with Gasteiger partial charge in [-0.15, -0.1) is 0 Å². The predicted molar refractivity (Wildman–Crippen MR) is 71.5 cm³/mol. The number of halogens is 1. The minimum atomic E-state index is -0.475. The maximum atomic E-state index is 10.1. The van der Waals surface area contributed by atoms with Gasteiger partial charge in [0.1, 0.15) is 0 Å². The molecule has 0 saturated carbocycles. The highest BCUT2D eigenvalue weighted by Gasteiger charge is 2.21. The van der Waals surface area contributed by atoms with Crippen LogP contribution in [0, 0.1) is 0 Å². The van der Waals surface area contributed by atoms with Gasteiger partial charge in [-0.3, -0.25) is 0 Å². The van der Waals surface area contributed by atoms with Crippen molar-refractivity contribution in [2.24, 2.45) is 5.73 Å². The molecule has 1 atom stereocenters. The van der Waals surface area contributed by atoms with E-state index in [1.54, 1.807) is 0 Å². The van der Waals surface area contributed by atoms with E-state index in [0.717, 1.165) is 10.0 Å². The lowest BCUT2D eigenvalue weighted by atomic mass is 9.82. The van der Waals surface area contributed by atoms with Crippen LogP contribution in [0.5, 0.6) is 0 Å². The molecule has 0 saturated heterocycles. The van der Waals surface area contributed by atoms with E-state index in [2.05, 4.69) is 42.8 Å². The second-order valence-corrected chi connectivity index (χ2v) is 5.99. The zero-order valence-corrected chi connectivity index (χ0v) is 11.7. The average Bonchev–Trinajstić information content (AvgIpc) is 2.16. The molecule has 0 aliphatic heterocycles. The van der Waals surface area contributed by atoms with Gasteiger partial charge in [0.2, 0.25) is 0 Å². The molecule has 0 aromatic heterocycles. The van der Waals surface area contributed by atoms with Crippen molar-refractivity contribution in [1.29, 1.82) is 0 Å². The van der Waals surface area contributed by atoms with Gasteiger partial charge in [0.15, 0.2) is 0 Å². The molecule has 0 bridgehead atoms. The smallest absolute Gasteiger partial charge is 0.0805 e. The zero-order chi connectivity index (χ0) is 12.3. The van der Waals surface area contributed by atoms with E-state index < -0.39 is 6.10 Å². The fourth-order valence-electron chi connectivity index (χ4n) is 1.81. The standard InChI is InChI=1S/C13H20BrNO/c1-13(2,3)11-5-4-9(14)8-10(11)12(16)6-7-15/h4-5,8,12,16H,6-7,15H2,1-3H3. The van der Waals surface area contributed by atoms with Crippen LogP contribution in [0.4, 0.5) is 0 Å². The molecule has 0 spiro atoms. The fourth-order valence-corrected chi connectivity index (χ4v) is 2.18. The summed E-state index contributed by atoms with van der Waals surface area (Å²) in [4.78, 5) is 0. The van der Waals surface area contributed by atoms with Gasteiger partial charge in [-0.2, -0.15) is 0 Å². The zero-order valence-electron chi connectivity index (χ0n) is 10.1. The number of hydrogen-bond donors (Lipinski definition) is 2. The van der Waals surface area contributed by atoms with E-state index in [9.17, 15) is 5.11 Å². The third-order valence-corrected chi connectivity index (χ3v) is 3.11. The van der Waals surface area contributed by atoms with Crippen molar-refractivity contribution >= 4 is 15.9 Å². The van der Waals surface area contributed by atoms with E-state index in [-0.39, 0.29) is 5.41 Å². The van der Waals surface area contributed by atoms with Crippen molar-refractivity contribution in [3.63, 3.8) is 0 Å². The highest BCUT2D eigenvalue weighted by molar-refractivity contribution is 9.10.